The first-order valence-corrected chi connectivity index (χ1v) is 8.21. The van der Waals surface area contributed by atoms with Crippen molar-refractivity contribution in [2.75, 3.05) is 25.5 Å². The predicted molar refractivity (Wildman–Crippen MR) is 92.2 cm³/mol. The number of likely N-dealkylation sites (N-methyl/N-ethyl adjacent to an activating group) is 1. The van der Waals surface area contributed by atoms with Gasteiger partial charge in [0.25, 0.3) is 0 Å². The average Bonchev–Trinajstić information content (AvgIpc) is 3.02. The summed E-state index contributed by atoms with van der Waals surface area (Å²) in [5, 5.41) is 0.710. The number of hydrogen-bond donors (Lipinski definition) is 0. The molecule has 3 rings (SSSR count). The Morgan fingerprint density at radius 2 is 2.12 bits per heavy atom. The lowest BCUT2D eigenvalue weighted by Gasteiger charge is -2.29. The Labute approximate surface area is 145 Å². The lowest BCUT2D eigenvalue weighted by Crippen LogP contribution is -2.42. The van der Waals surface area contributed by atoms with E-state index in [9.17, 15) is 13.6 Å². The number of amides is 1. The number of carbonyl (C=O) groups is 1. The van der Waals surface area contributed by atoms with Gasteiger partial charge in [-0.05, 0) is 44.0 Å². The molecular formula is C18H21F2N3O2. The highest BCUT2D eigenvalue weighted by molar-refractivity contribution is 5.96. The topological polar surface area (TPSA) is 45.7 Å². The zero-order chi connectivity index (χ0) is 18.1. The number of hydrogen-bond acceptors (Lipinski definition) is 4. The summed E-state index contributed by atoms with van der Waals surface area (Å²) in [6.45, 7) is -0.261. The number of fused-ring (bicyclic) bond motifs is 1. The van der Waals surface area contributed by atoms with E-state index in [-0.39, 0.29) is 17.7 Å². The third-order valence-corrected chi connectivity index (χ3v) is 4.40. The Morgan fingerprint density at radius 1 is 1.36 bits per heavy atom. The molecule has 0 spiro atoms. The molecule has 1 atom stereocenters. The summed E-state index contributed by atoms with van der Waals surface area (Å²) in [7, 11) is 3.48. The highest BCUT2D eigenvalue weighted by Crippen LogP contribution is 2.35. The van der Waals surface area contributed by atoms with Gasteiger partial charge in [-0.15, -0.1) is 0 Å². The van der Waals surface area contributed by atoms with Crippen LogP contribution in [0.5, 0.6) is 5.75 Å². The molecule has 1 aliphatic heterocycles. The van der Waals surface area contributed by atoms with Crippen molar-refractivity contribution in [2.24, 2.45) is 0 Å². The summed E-state index contributed by atoms with van der Waals surface area (Å²) in [6, 6.07) is 6.37. The van der Waals surface area contributed by atoms with E-state index < -0.39 is 6.61 Å². The van der Waals surface area contributed by atoms with Gasteiger partial charge in [0.15, 0.2) is 0 Å². The van der Waals surface area contributed by atoms with Gasteiger partial charge in [-0.2, -0.15) is 8.78 Å². The molecule has 1 fully saturated rings. The molecule has 1 amide bonds. The lowest BCUT2D eigenvalue weighted by molar-refractivity contribution is -0.129. The number of carbonyl (C=O) groups excluding carboxylic acids is 1. The second-order valence-corrected chi connectivity index (χ2v) is 6.42. The van der Waals surface area contributed by atoms with Crippen molar-refractivity contribution in [3.63, 3.8) is 0 Å². The Balaban J connectivity index is 2.08. The zero-order valence-corrected chi connectivity index (χ0v) is 14.5. The first-order chi connectivity index (χ1) is 11.9. The number of aromatic nitrogens is 1. The minimum absolute atomic E-state index is 0.0418. The molecule has 1 aromatic heterocycles. The second-order valence-electron chi connectivity index (χ2n) is 6.42. The number of halogens is 2. The fourth-order valence-electron chi connectivity index (χ4n) is 3.34. The van der Waals surface area contributed by atoms with E-state index in [1.807, 2.05) is 17.9 Å². The molecular weight excluding hydrogens is 328 g/mol. The zero-order valence-electron chi connectivity index (χ0n) is 14.5. The quantitative estimate of drug-likeness (QED) is 0.850. The van der Waals surface area contributed by atoms with Gasteiger partial charge < -0.3 is 14.5 Å². The molecule has 2 aromatic rings. The summed E-state index contributed by atoms with van der Waals surface area (Å²) >= 11 is 0. The summed E-state index contributed by atoms with van der Waals surface area (Å²) in [5.41, 5.74) is 2.34. The van der Waals surface area contributed by atoms with Crippen LogP contribution in [0.3, 0.4) is 0 Å². The molecule has 134 valence electrons. The van der Waals surface area contributed by atoms with Gasteiger partial charge in [-0.25, -0.2) is 0 Å². The maximum absolute atomic E-state index is 12.5. The molecule has 5 nitrogen and oxygen atoms in total. The van der Waals surface area contributed by atoms with Gasteiger partial charge in [0.1, 0.15) is 11.8 Å². The van der Waals surface area contributed by atoms with E-state index in [2.05, 4.69) is 9.72 Å². The minimum Gasteiger partial charge on any atom is -0.435 e. The van der Waals surface area contributed by atoms with Gasteiger partial charge in [-0.1, -0.05) is 0 Å². The van der Waals surface area contributed by atoms with Crippen molar-refractivity contribution in [3.05, 3.63) is 30.0 Å². The monoisotopic (exact) mass is 349 g/mol. The predicted octanol–water partition coefficient (Wildman–Crippen LogP) is 3.20. The third kappa shape index (κ3) is 3.50. The highest BCUT2D eigenvalue weighted by atomic mass is 19.3. The number of nitrogens with zero attached hydrogens (tertiary/aromatic N) is 3. The fourth-order valence-corrected chi connectivity index (χ4v) is 3.34. The normalized spacial score (nSPS) is 17.4. The maximum atomic E-state index is 12.5. The third-order valence-electron chi connectivity index (χ3n) is 4.40. The Hall–Kier alpha value is -2.44. The van der Waals surface area contributed by atoms with E-state index in [0.29, 0.717) is 10.9 Å². The van der Waals surface area contributed by atoms with Crippen LogP contribution in [0.2, 0.25) is 0 Å². The standard InChI is InChI=1S/C18H21F2N3O2/c1-11-9-16(23-8-4-5-15(23)17(24)22(2)3)13-10-12(25-18(19)20)6-7-14(13)21-11/h6-7,9-10,15,18H,4-5,8H2,1-3H3. The molecule has 7 heteroatoms. The molecule has 0 aliphatic carbocycles. The molecule has 25 heavy (non-hydrogen) atoms. The van der Waals surface area contributed by atoms with Crippen LogP contribution in [0.1, 0.15) is 18.5 Å². The van der Waals surface area contributed by atoms with Crippen molar-refractivity contribution >= 4 is 22.5 Å². The Morgan fingerprint density at radius 3 is 2.80 bits per heavy atom. The molecule has 0 N–H and O–H groups in total. The number of alkyl halides is 2. The van der Waals surface area contributed by atoms with Crippen molar-refractivity contribution in [1.29, 1.82) is 0 Å². The van der Waals surface area contributed by atoms with Crippen molar-refractivity contribution in [3.8, 4) is 5.75 Å². The molecule has 1 saturated heterocycles. The SMILES string of the molecule is Cc1cc(N2CCCC2C(=O)N(C)C)c2cc(OC(F)F)ccc2n1. The van der Waals surface area contributed by atoms with Crippen molar-refractivity contribution in [2.45, 2.75) is 32.4 Å². The molecule has 2 heterocycles. The number of ether oxygens (including phenoxy) is 1. The minimum atomic E-state index is -2.88. The summed E-state index contributed by atoms with van der Waals surface area (Å²) in [4.78, 5) is 20.6. The van der Waals surface area contributed by atoms with E-state index in [1.165, 1.54) is 6.07 Å². The largest absolute Gasteiger partial charge is 0.435 e. The number of rotatable bonds is 4. The molecule has 0 bridgehead atoms. The first kappa shape index (κ1) is 17.4. The van der Waals surface area contributed by atoms with Gasteiger partial charge in [0.2, 0.25) is 5.91 Å². The van der Waals surface area contributed by atoms with Crippen molar-refractivity contribution < 1.29 is 18.3 Å². The van der Waals surface area contributed by atoms with Crippen LogP contribution < -0.4 is 9.64 Å². The number of benzene rings is 1. The second kappa shape index (κ2) is 6.82. The van der Waals surface area contributed by atoms with Gasteiger partial charge >= 0.3 is 6.61 Å². The van der Waals surface area contributed by atoms with Crippen LogP contribution in [0.15, 0.2) is 24.3 Å². The first-order valence-electron chi connectivity index (χ1n) is 8.21. The highest BCUT2D eigenvalue weighted by Gasteiger charge is 2.33. The Bertz CT molecular complexity index is 795. The van der Waals surface area contributed by atoms with Crippen molar-refractivity contribution in [1.82, 2.24) is 9.88 Å². The molecule has 0 saturated carbocycles. The molecule has 0 radical (unpaired) electrons. The molecule has 1 aliphatic rings. The van der Waals surface area contributed by atoms with E-state index in [1.54, 1.807) is 31.1 Å². The Kier molecular flexibility index (Phi) is 4.74. The van der Waals surface area contributed by atoms with Gasteiger partial charge in [0, 0.05) is 37.4 Å². The fraction of sp³-hybridized carbons (Fsp3) is 0.444. The lowest BCUT2D eigenvalue weighted by atomic mass is 10.1. The average molecular weight is 349 g/mol. The smallest absolute Gasteiger partial charge is 0.387 e. The van der Waals surface area contributed by atoms with Gasteiger partial charge in [-0.3, -0.25) is 9.78 Å². The van der Waals surface area contributed by atoms with Crippen LogP contribution >= 0.6 is 0 Å². The van der Waals surface area contributed by atoms with Crippen LogP contribution in [0, 0.1) is 6.92 Å². The van der Waals surface area contributed by atoms with E-state index in [0.717, 1.165) is 30.8 Å². The van der Waals surface area contributed by atoms with Crippen LogP contribution in [0.4, 0.5) is 14.5 Å². The maximum Gasteiger partial charge on any atom is 0.387 e. The molecule has 1 unspecified atom stereocenters. The number of anilines is 1. The van der Waals surface area contributed by atoms with E-state index >= 15 is 0 Å². The number of aryl methyl sites for hydroxylation is 1. The van der Waals surface area contributed by atoms with Crippen LogP contribution in [-0.4, -0.2) is 49.1 Å². The van der Waals surface area contributed by atoms with Crippen LogP contribution in [-0.2, 0) is 4.79 Å². The number of pyridine rings is 1. The van der Waals surface area contributed by atoms with Gasteiger partial charge in [0.05, 0.1) is 5.52 Å². The summed E-state index contributed by atoms with van der Waals surface area (Å²) < 4.78 is 29.6. The summed E-state index contributed by atoms with van der Waals surface area (Å²) in [6.07, 6.45) is 1.67. The van der Waals surface area contributed by atoms with E-state index in [4.69, 9.17) is 0 Å². The molecule has 1 aromatic carbocycles. The summed E-state index contributed by atoms with van der Waals surface area (Å²) in [5.74, 6) is 0.129. The van der Waals surface area contributed by atoms with Crippen LogP contribution in [0.25, 0.3) is 10.9 Å².